The molecule has 4 nitrogen and oxygen atoms in total. The lowest BCUT2D eigenvalue weighted by Crippen LogP contribution is -2.22. The van der Waals surface area contributed by atoms with Gasteiger partial charge in [0.05, 0.1) is 16.8 Å². The Kier molecular flexibility index (Phi) is 3.81. The first-order valence-corrected chi connectivity index (χ1v) is 8.87. The number of aryl methyl sites for hydroxylation is 1. The summed E-state index contributed by atoms with van der Waals surface area (Å²) in [5.41, 5.74) is 8.28. The van der Waals surface area contributed by atoms with Crippen LogP contribution in [0.3, 0.4) is 0 Å². The fourth-order valence-corrected chi connectivity index (χ4v) is 4.00. The first-order valence-electron chi connectivity index (χ1n) is 8.05. The molecule has 0 saturated heterocycles. The summed E-state index contributed by atoms with van der Waals surface area (Å²) in [6.07, 6.45) is 0. The molecule has 3 aromatic rings. The monoisotopic (exact) mass is 361 g/mol. The van der Waals surface area contributed by atoms with Crippen LogP contribution in [-0.4, -0.2) is 16.7 Å². The maximum absolute atomic E-state index is 12.9. The van der Waals surface area contributed by atoms with E-state index in [2.05, 4.69) is 0 Å². The van der Waals surface area contributed by atoms with Crippen LogP contribution in [0.25, 0.3) is 0 Å². The summed E-state index contributed by atoms with van der Waals surface area (Å²) < 4.78 is 0. The first kappa shape index (κ1) is 16.4. The van der Waals surface area contributed by atoms with Gasteiger partial charge in [0, 0.05) is 20.9 Å². The van der Waals surface area contributed by atoms with E-state index in [1.54, 1.807) is 24.3 Å². The number of benzene rings is 3. The van der Waals surface area contributed by atoms with Crippen molar-refractivity contribution in [2.24, 2.45) is 0 Å². The lowest BCUT2D eigenvalue weighted by atomic mass is 9.83. The predicted molar refractivity (Wildman–Crippen MR) is 101 cm³/mol. The molecule has 0 radical (unpaired) electrons. The number of fused-ring (bicyclic) bond motifs is 2. The van der Waals surface area contributed by atoms with Crippen molar-refractivity contribution in [2.45, 2.75) is 16.7 Å². The van der Waals surface area contributed by atoms with Gasteiger partial charge in [0.2, 0.25) is 0 Å². The normalized spacial score (nSPS) is 12.7. The fraction of sp³-hybridized carbons (Fsp3) is 0.0476. The summed E-state index contributed by atoms with van der Waals surface area (Å²) in [5.74, 6) is -0.947. The van der Waals surface area contributed by atoms with Crippen LogP contribution in [0.15, 0.2) is 64.4 Å². The average Bonchev–Trinajstić information content (AvgIpc) is 2.64. The van der Waals surface area contributed by atoms with E-state index in [-0.39, 0.29) is 34.1 Å². The molecule has 0 heterocycles. The van der Waals surface area contributed by atoms with Crippen molar-refractivity contribution in [3.8, 4) is 5.75 Å². The highest BCUT2D eigenvalue weighted by molar-refractivity contribution is 7.99. The molecule has 0 fully saturated rings. The largest absolute Gasteiger partial charge is 0.507 e. The number of hydrogen-bond donors (Lipinski definition) is 2. The molecule has 5 heteroatoms. The Morgan fingerprint density at radius 2 is 1.46 bits per heavy atom. The Labute approximate surface area is 154 Å². The van der Waals surface area contributed by atoms with Crippen LogP contribution >= 0.6 is 11.8 Å². The van der Waals surface area contributed by atoms with E-state index >= 15 is 0 Å². The van der Waals surface area contributed by atoms with Crippen LogP contribution in [0.5, 0.6) is 5.75 Å². The number of ketones is 2. The standard InChI is InChI=1S/C21H15NO3S/c1-11-6-8-12(9-7-11)26-16-10-15(23)17-18(19(16)22)21(25)14-5-3-2-4-13(14)20(17)24/h2-10,23H,22H2,1H3. The highest BCUT2D eigenvalue weighted by atomic mass is 32.2. The maximum Gasteiger partial charge on any atom is 0.198 e. The third-order valence-electron chi connectivity index (χ3n) is 4.43. The summed E-state index contributed by atoms with van der Waals surface area (Å²) in [4.78, 5) is 27.2. The van der Waals surface area contributed by atoms with Gasteiger partial charge < -0.3 is 10.8 Å². The van der Waals surface area contributed by atoms with E-state index in [1.165, 1.54) is 17.8 Å². The summed E-state index contributed by atoms with van der Waals surface area (Å²) in [7, 11) is 0. The zero-order valence-corrected chi connectivity index (χ0v) is 14.8. The van der Waals surface area contributed by atoms with E-state index in [9.17, 15) is 14.7 Å². The molecule has 128 valence electrons. The van der Waals surface area contributed by atoms with Gasteiger partial charge in [0.25, 0.3) is 0 Å². The minimum absolute atomic E-state index is 0.0144. The number of phenols is 1. The second-order valence-corrected chi connectivity index (χ2v) is 7.29. The zero-order valence-electron chi connectivity index (χ0n) is 13.9. The second kappa shape index (κ2) is 6.04. The molecule has 0 unspecified atom stereocenters. The van der Waals surface area contributed by atoms with Crippen molar-refractivity contribution < 1.29 is 14.7 Å². The van der Waals surface area contributed by atoms with Gasteiger partial charge in [0.1, 0.15) is 5.75 Å². The van der Waals surface area contributed by atoms with E-state index in [4.69, 9.17) is 5.73 Å². The Morgan fingerprint density at radius 3 is 2.08 bits per heavy atom. The van der Waals surface area contributed by atoms with Gasteiger partial charge in [-0.3, -0.25) is 9.59 Å². The molecule has 1 aliphatic carbocycles. The van der Waals surface area contributed by atoms with Crippen LogP contribution in [-0.2, 0) is 0 Å². The van der Waals surface area contributed by atoms with Gasteiger partial charge >= 0.3 is 0 Å². The summed E-state index contributed by atoms with van der Waals surface area (Å²) in [6, 6.07) is 15.9. The van der Waals surface area contributed by atoms with Crippen molar-refractivity contribution in [3.05, 3.63) is 82.4 Å². The summed E-state index contributed by atoms with van der Waals surface area (Å²) in [6.45, 7) is 2.00. The molecule has 0 aliphatic heterocycles. The van der Waals surface area contributed by atoms with Crippen LogP contribution in [0, 0.1) is 6.92 Å². The molecule has 0 bridgehead atoms. The number of rotatable bonds is 2. The Morgan fingerprint density at radius 1 is 0.885 bits per heavy atom. The zero-order chi connectivity index (χ0) is 18.4. The Bertz CT molecular complexity index is 1070. The van der Waals surface area contributed by atoms with Crippen molar-refractivity contribution >= 4 is 29.0 Å². The van der Waals surface area contributed by atoms with Crippen LogP contribution < -0.4 is 5.73 Å². The van der Waals surface area contributed by atoms with Crippen molar-refractivity contribution in [3.63, 3.8) is 0 Å². The highest BCUT2D eigenvalue weighted by Gasteiger charge is 2.34. The van der Waals surface area contributed by atoms with Crippen molar-refractivity contribution in [1.29, 1.82) is 0 Å². The van der Waals surface area contributed by atoms with Gasteiger partial charge in [-0.1, -0.05) is 53.7 Å². The third-order valence-corrected chi connectivity index (χ3v) is 5.49. The number of aromatic hydroxyl groups is 1. The maximum atomic E-state index is 12.9. The van der Waals surface area contributed by atoms with Crippen LogP contribution in [0.4, 0.5) is 5.69 Å². The molecule has 1 aliphatic rings. The predicted octanol–water partition coefficient (Wildman–Crippen LogP) is 4.21. The molecule has 3 aromatic carbocycles. The van der Waals surface area contributed by atoms with E-state index in [0.717, 1.165) is 10.5 Å². The lowest BCUT2D eigenvalue weighted by molar-refractivity contribution is 0.0977. The first-order chi connectivity index (χ1) is 12.5. The molecule has 0 amide bonds. The van der Waals surface area contributed by atoms with Gasteiger partial charge in [-0.2, -0.15) is 0 Å². The molecule has 0 atom stereocenters. The summed E-state index contributed by atoms with van der Waals surface area (Å²) >= 11 is 1.35. The van der Waals surface area contributed by atoms with E-state index in [1.807, 2.05) is 31.2 Å². The highest BCUT2D eigenvalue weighted by Crippen LogP contribution is 2.43. The molecule has 3 N–H and O–H groups in total. The number of nitrogen functional groups attached to an aromatic ring is 1. The van der Waals surface area contributed by atoms with Crippen LogP contribution in [0.1, 0.15) is 37.4 Å². The number of carbonyl (C=O) groups is 2. The molecule has 0 saturated carbocycles. The van der Waals surface area contributed by atoms with Gasteiger partial charge in [0.15, 0.2) is 11.6 Å². The SMILES string of the molecule is Cc1ccc(Sc2cc(O)c3c(c2N)C(=O)c2ccccc2C3=O)cc1. The number of phenolic OH excluding ortho intramolecular Hbond substituents is 1. The summed E-state index contributed by atoms with van der Waals surface area (Å²) in [5, 5.41) is 10.5. The fourth-order valence-electron chi connectivity index (χ4n) is 3.09. The minimum Gasteiger partial charge on any atom is -0.507 e. The Balaban J connectivity index is 1.87. The van der Waals surface area contributed by atoms with Crippen LogP contribution in [0.2, 0.25) is 0 Å². The third kappa shape index (κ3) is 2.48. The molecule has 4 rings (SSSR count). The Hall–Kier alpha value is -3.05. The van der Waals surface area contributed by atoms with E-state index in [0.29, 0.717) is 16.0 Å². The number of nitrogens with two attached hydrogens (primary N) is 1. The second-order valence-electron chi connectivity index (χ2n) is 6.18. The molecular weight excluding hydrogens is 346 g/mol. The number of carbonyl (C=O) groups excluding carboxylic acids is 2. The number of anilines is 1. The van der Waals surface area contributed by atoms with E-state index < -0.39 is 0 Å². The minimum atomic E-state index is -0.383. The van der Waals surface area contributed by atoms with Crippen molar-refractivity contribution in [1.82, 2.24) is 0 Å². The molecule has 0 aromatic heterocycles. The quantitative estimate of drug-likeness (QED) is 0.413. The number of hydrogen-bond acceptors (Lipinski definition) is 5. The molecule has 26 heavy (non-hydrogen) atoms. The van der Waals surface area contributed by atoms with Gasteiger partial charge in [-0.05, 0) is 25.1 Å². The van der Waals surface area contributed by atoms with Gasteiger partial charge in [-0.25, -0.2) is 0 Å². The molecule has 0 spiro atoms. The lowest BCUT2D eigenvalue weighted by Gasteiger charge is -2.21. The smallest absolute Gasteiger partial charge is 0.198 e. The van der Waals surface area contributed by atoms with Gasteiger partial charge in [-0.15, -0.1) is 0 Å². The topological polar surface area (TPSA) is 80.4 Å². The average molecular weight is 361 g/mol. The van der Waals surface area contributed by atoms with Crippen molar-refractivity contribution in [2.75, 3.05) is 5.73 Å². The molecular formula is C21H15NO3S.